The summed E-state index contributed by atoms with van der Waals surface area (Å²) in [4.78, 5) is 70.5. The van der Waals surface area contributed by atoms with Crippen LogP contribution < -0.4 is 16.0 Å². The van der Waals surface area contributed by atoms with Crippen molar-refractivity contribution >= 4 is 29.5 Å². The van der Waals surface area contributed by atoms with Crippen molar-refractivity contribution in [1.29, 1.82) is 0 Å². The first-order valence-corrected chi connectivity index (χ1v) is 14.1. The highest BCUT2D eigenvalue weighted by molar-refractivity contribution is 5.97. The Morgan fingerprint density at radius 3 is 1.64 bits per heavy atom. The van der Waals surface area contributed by atoms with Crippen molar-refractivity contribution in [1.82, 2.24) is 26.1 Å². The van der Waals surface area contributed by atoms with Crippen molar-refractivity contribution in [3.63, 3.8) is 0 Å². The largest absolute Gasteiger partial charge is 0.504 e. The third-order valence-electron chi connectivity index (χ3n) is 6.86. The molecule has 5 amide bonds. The molecule has 1 rings (SSSR count). The van der Waals surface area contributed by atoms with Crippen LogP contribution in [-0.2, 0) is 19.2 Å². The molecule has 44 heavy (non-hydrogen) atoms. The quantitative estimate of drug-likeness (QED) is 0.0348. The van der Waals surface area contributed by atoms with E-state index in [9.17, 15) is 54.7 Å². The maximum absolute atomic E-state index is 12.4. The van der Waals surface area contributed by atoms with Crippen LogP contribution in [0.2, 0.25) is 0 Å². The number of hydroxylamine groups is 4. The Hall–Kier alpha value is -4.51. The number of phenols is 2. The van der Waals surface area contributed by atoms with Gasteiger partial charge in [-0.3, -0.25) is 44.5 Å². The van der Waals surface area contributed by atoms with Crippen molar-refractivity contribution in [3.05, 3.63) is 33.9 Å². The first-order valence-electron chi connectivity index (χ1n) is 14.1. The molecule has 0 saturated heterocycles. The summed E-state index contributed by atoms with van der Waals surface area (Å²) in [7, 11) is 0. The number of nitro groups is 1. The van der Waals surface area contributed by atoms with Crippen molar-refractivity contribution in [3.8, 4) is 11.5 Å². The van der Waals surface area contributed by atoms with E-state index in [0.29, 0.717) is 10.1 Å². The summed E-state index contributed by atoms with van der Waals surface area (Å²) in [6, 6.07) is 3.90. The highest BCUT2D eigenvalue weighted by atomic mass is 16.6. The molecule has 0 unspecified atom stereocenters. The van der Waals surface area contributed by atoms with Crippen LogP contribution in [0.4, 0.5) is 0 Å². The average Bonchev–Trinajstić information content (AvgIpc) is 2.97. The SMILES string of the molecule is CC(=O)N(O)CCC(=O)NCCCC(CCCNC(=O)CCN(O)C(C)=O)(CCCNC(=O)c1cccc(O)c1O)[N+](=O)[O-]. The first kappa shape index (κ1) is 37.5. The van der Waals surface area contributed by atoms with Crippen LogP contribution in [0.25, 0.3) is 0 Å². The normalized spacial score (nSPS) is 10.9. The van der Waals surface area contributed by atoms with Gasteiger partial charge < -0.3 is 26.2 Å². The van der Waals surface area contributed by atoms with Crippen LogP contribution in [0, 0.1) is 10.1 Å². The van der Waals surface area contributed by atoms with Crippen LogP contribution >= 0.6 is 0 Å². The zero-order chi connectivity index (χ0) is 33.3. The second-order valence-corrected chi connectivity index (χ2v) is 10.2. The third-order valence-corrected chi connectivity index (χ3v) is 6.86. The molecule has 0 radical (unpaired) electrons. The Morgan fingerprint density at radius 1 is 0.795 bits per heavy atom. The lowest BCUT2D eigenvalue weighted by Gasteiger charge is -2.26. The number of amides is 5. The minimum Gasteiger partial charge on any atom is -0.504 e. The number of hydrogen-bond acceptors (Lipinski definition) is 11. The average molecular weight is 627 g/mol. The Bertz CT molecular complexity index is 1120. The number of benzene rings is 1. The van der Waals surface area contributed by atoms with Gasteiger partial charge in [-0.25, -0.2) is 10.1 Å². The van der Waals surface area contributed by atoms with Crippen LogP contribution in [0.3, 0.4) is 0 Å². The number of rotatable bonds is 20. The fraction of sp³-hybridized carbons (Fsp3) is 0.593. The summed E-state index contributed by atoms with van der Waals surface area (Å²) in [5, 5.41) is 59.2. The Morgan fingerprint density at radius 2 is 1.23 bits per heavy atom. The van der Waals surface area contributed by atoms with Crippen LogP contribution in [-0.4, -0.2) is 103 Å². The molecule has 0 fully saturated rings. The molecular formula is C27H42N6O11. The molecular weight excluding hydrogens is 584 g/mol. The van der Waals surface area contributed by atoms with Crippen molar-refractivity contribution in [2.24, 2.45) is 0 Å². The fourth-order valence-corrected chi connectivity index (χ4v) is 4.28. The van der Waals surface area contributed by atoms with Gasteiger partial charge in [-0.2, -0.15) is 0 Å². The molecule has 0 atom stereocenters. The Labute approximate surface area is 254 Å². The maximum Gasteiger partial charge on any atom is 0.255 e. The van der Waals surface area contributed by atoms with E-state index in [1.54, 1.807) is 0 Å². The number of carbonyl (C=O) groups excluding carboxylic acids is 5. The minimum atomic E-state index is -1.47. The predicted octanol–water partition coefficient (Wildman–Crippen LogP) is 0.672. The molecule has 17 nitrogen and oxygen atoms in total. The molecule has 17 heteroatoms. The number of nitrogens with zero attached hydrogens (tertiary/aromatic N) is 3. The van der Waals surface area contributed by atoms with Crippen LogP contribution in [0.15, 0.2) is 18.2 Å². The fourth-order valence-electron chi connectivity index (χ4n) is 4.28. The first-order chi connectivity index (χ1) is 20.7. The molecule has 0 aliphatic heterocycles. The van der Waals surface area contributed by atoms with E-state index in [1.807, 2.05) is 0 Å². The molecule has 246 valence electrons. The number of aromatic hydroxyl groups is 2. The monoisotopic (exact) mass is 626 g/mol. The lowest BCUT2D eigenvalue weighted by Crippen LogP contribution is -2.41. The van der Waals surface area contributed by atoms with E-state index in [-0.39, 0.29) is 89.7 Å². The summed E-state index contributed by atoms with van der Waals surface area (Å²) in [6.45, 7) is 2.08. The standard InChI is InChI=1S/C27H42N6O11/c1-19(34)31(41)17-9-23(37)28-14-4-11-27(33(43)44,12-5-15-29-24(38)10-18-32(42)20(2)35)13-6-16-30-26(40)21-7-3-8-22(36)25(21)39/h3,7-8,36,39,41-42H,4-6,9-18H2,1-2H3,(H,28,37)(H,29,38)(H,30,40). The molecule has 0 aliphatic carbocycles. The van der Waals surface area contributed by atoms with Crippen molar-refractivity contribution < 1.29 is 49.5 Å². The number of hydrogen-bond donors (Lipinski definition) is 7. The zero-order valence-corrected chi connectivity index (χ0v) is 24.9. The number of nitrogens with one attached hydrogen (secondary N) is 3. The molecule has 0 bridgehead atoms. The maximum atomic E-state index is 12.4. The summed E-state index contributed by atoms with van der Waals surface area (Å²) in [6.07, 6.45) is 0.422. The van der Waals surface area contributed by atoms with Crippen molar-refractivity contribution in [2.75, 3.05) is 32.7 Å². The van der Waals surface area contributed by atoms with Gasteiger partial charge in [0.25, 0.3) is 5.91 Å². The molecule has 7 N–H and O–H groups in total. The predicted molar refractivity (Wildman–Crippen MR) is 153 cm³/mol. The highest BCUT2D eigenvalue weighted by Gasteiger charge is 2.41. The third kappa shape index (κ3) is 13.2. The van der Waals surface area contributed by atoms with Gasteiger partial charge in [-0.15, -0.1) is 0 Å². The van der Waals surface area contributed by atoms with Crippen LogP contribution in [0.1, 0.15) is 75.6 Å². The number of para-hydroxylation sites is 1. The molecule has 1 aromatic carbocycles. The molecule has 0 saturated carbocycles. The van der Waals surface area contributed by atoms with Gasteiger partial charge in [0.15, 0.2) is 11.5 Å². The van der Waals surface area contributed by atoms with Crippen LogP contribution in [0.5, 0.6) is 11.5 Å². The van der Waals surface area contributed by atoms with E-state index >= 15 is 0 Å². The molecule has 0 spiro atoms. The van der Waals surface area contributed by atoms with E-state index in [1.165, 1.54) is 18.2 Å². The van der Waals surface area contributed by atoms with Gasteiger partial charge in [-0.1, -0.05) is 6.07 Å². The Balaban J connectivity index is 2.76. The zero-order valence-electron chi connectivity index (χ0n) is 24.9. The minimum absolute atomic E-state index is 0.0264. The summed E-state index contributed by atoms with van der Waals surface area (Å²) in [5.41, 5.74) is -1.63. The van der Waals surface area contributed by atoms with E-state index in [2.05, 4.69) is 16.0 Å². The van der Waals surface area contributed by atoms with Gasteiger partial charge in [0.05, 0.1) is 18.7 Å². The topological polar surface area (TPSA) is 252 Å². The summed E-state index contributed by atoms with van der Waals surface area (Å²) in [5.74, 6) is -3.88. The Kier molecular flexibility index (Phi) is 16.1. The highest BCUT2D eigenvalue weighted by Crippen LogP contribution is 2.30. The van der Waals surface area contributed by atoms with Gasteiger partial charge in [0, 0.05) is 70.5 Å². The van der Waals surface area contributed by atoms with E-state index in [4.69, 9.17) is 0 Å². The molecule has 0 aliphatic rings. The smallest absolute Gasteiger partial charge is 0.255 e. The van der Waals surface area contributed by atoms with Gasteiger partial charge >= 0.3 is 0 Å². The second kappa shape index (κ2) is 18.9. The summed E-state index contributed by atoms with van der Waals surface area (Å²) < 4.78 is 0. The summed E-state index contributed by atoms with van der Waals surface area (Å²) >= 11 is 0. The van der Waals surface area contributed by atoms with Gasteiger partial charge in [0.1, 0.15) is 0 Å². The number of phenolic OH excluding ortho intramolecular Hbond substituents is 2. The molecule has 1 aromatic rings. The lowest BCUT2D eigenvalue weighted by molar-refractivity contribution is -0.574. The van der Waals surface area contributed by atoms with E-state index in [0.717, 1.165) is 13.8 Å². The van der Waals surface area contributed by atoms with Gasteiger partial charge in [0.2, 0.25) is 29.2 Å². The van der Waals surface area contributed by atoms with Crippen molar-refractivity contribution in [2.45, 2.75) is 70.8 Å². The second-order valence-electron chi connectivity index (χ2n) is 10.2. The number of carbonyl (C=O) groups is 5. The molecule has 0 heterocycles. The van der Waals surface area contributed by atoms with Gasteiger partial charge in [-0.05, 0) is 31.4 Å². The van der Waals surface area contributed by atoms with E-state index < -0.39 is 51.5 Å². The lowest BCUT2D eigenvalue weighted by atomic mass is 9.84. The molecule has 0 aromatic heterocycles.